The maximum absolute atomic E-state index is 14.1. The van der Waals surface area contributed by atoms with Crippen LogP contribution in [0.3, 0.4) is 0 Å². The Balaban J connectivity index is 1.89. The molecule has 2 aromatic rings. The molecule has 4 rings (SSSR count). The lowest BCUT2D eigenvalue weighted by molar-refractivity contribution is -0.156. The molecule has 1 fully saturated rings. The van der Waals surface area contributed by atoms with E-state index in [1.807, 2.05) is 30.4 Å². The van der Waals surface area contributed by atoms with Gasteiger partial charge in [-0.05, 0) is 76.8 Å². The van der Waals surface area contributed by atoms with E-state index >= 15 is 0 Å². The zero-order chi connectivity index (χ0) is 22.2. The topological polar surface area (TPSA) is 46.5 Å². The Bertz CT molecular complexity index is 1060. The first-order valence-electron chi connectivity index (χ1n) is 10.9. The number of aryl methyl sites for hydroxylation is 2. The van der Waals surface area contributed by atoms with E-state index in [1.54, 1.807) is 6.92 Å². The average Bonchev–Trinajstić information content (AvgIpc) is 2.82. The second-order valence-electron chi connectivity index (χ2n) is 9.27. The molecule has 0 saturated carbocycles. The van der Waals surface area contributed by atoms with Crippen molar-refractivity contribution in [3.05, 3.63) is 88.3 Å². The van der Waals surface area contributed by atoms with Crippen LogP contribution in [0.25, 0.3) is 5.57 Å². The minimum Gasteiger partial charge on any atom is -0.458 e. The molecule has 3 nitrogen and oxygen atoms in total. The van der Waals surface area contributed by atoms with E-state index in [-0.39, 0.29) is 23.6 Å². The van der Waals surface area contributed by atoms with Gasteiger partial charge in [-0.15, -0.1) is 0 Å². The smallest absolute Gasteiger partial charge is 0.309 e. The van der Waals surface area contributed by atoms with Crippen molar-refractivity contribution >= 4 is 11.5 Å². The number of aliphatic hydroxyl groups is 1. The third kappa shape index (κ3) is 4.49. The van der Waals surface area contributed by atoms with Gasteiger partial charge in [0.2, 0.25) is 0 Å². The quantitative estimate of drug-likeness (QED) is 0.664. The van der Waals surface area contributed by atoms with Crippen LogP contribution in [-0.2, 0) is 16.0 Å². The lowest BCUT2D eigenvalue weighted by atomic mass is 9.77. The minimum absolute atomic E-state index is 0.0476. The fourth-order valence-corrected chi connectivity index (χ4v) is 4.60. The van der Waals surface area contributed by atoms with Crippen molar-refractivity contribution in [2.75, 3.05) is 0 Å². The lowest BCUT2D eigenvalue weighted by Gasteiger charge is -2.29. The predicted octanol–water partition coefficient (Wildman–Crippen LogP) is 5.53. The van der Waals surface area contributed by atoms with Gasteiger partial charge in [-0.1, -0.05) is 50.3 Å². The number of benzene rings is 2. The number of allylic oxidation sites excluding steroid dienone is 2. The summed E-state index contributed by atoms with van der Waals surface area (Å²) in [6.07, 6.45) is 5.17. The molecule has 0 bridgehead atoms. The van der Waals surface area contributed by atoms with Crippen LogP contribution in [0.15, 0.2) is 60.2 Å². The number of carbonyl (C=O) groups is 1. The van der Waals surface area contributed by atoms with Crippen molar-refractivity contribution in [1.29, 1.82) is 0 Å². The van der Waals surface area contributed by atoms with Crippen LogP contribution in [-0.4, -0.2) is 23.3 Å². The highest BCUT2D eigenvalue weighted by molar-refractivity contribution is 5.86. The molecule has 0 radical (unpaired) electrons. The summed E-state index contributed by atoms with van der Waals surface area (Å²) in [6.45, 7) is 6.22. The van der Waals surface area contributed by atoms with Crippen molar-refractivity contribution < 1.29 is 19.0 Å². The van der Waals surface area contributed by atoms with Crippen LogP contribution in [0, 0.1) is 18.2 Å². The zero-order valence-corrected chi connectivity index (χ0v) is 18.3. The number of fused-ring (bicyclic) bond motifs is 1. The molecule has 1 saturated heterocycles. The molecule has 162 valence electrons. The number of halogens is 1. The number of cyclic esters (lactones) is 1. The number of hydrogen-bond acceptors (Lipinski definition) is 3. The second-order valence-corrected chi connectivity index (χ2v) is 9.27. The summed E-state index contributed by atoms with van der Waals surface area (Å²) in [4.78, 5) is 11.8. The highest BCUT2D eigenvalue weighted by atomic mass is 19.1. The van der Waals surface area contributed by atoms with Gasteiger partial charge >= 0.3 is 5.97 Å². The molecule has 31 heavy (non-hydrogen) atoms. The number of ether oxygens (including phenoxy) is 1. The fraction of sp³-hybridized carbons (Fsp3) is 0.370. The van der Waals surface area contributed by atoms with E-state index in [4.69, 9.17) is 4.74 Å². The summed E-state index contributed by atoms with van der Waals surface area (Å²) in [5.41, 5.74) is 6.07. The van der Waals surface area contributed by atoms with E-state index < -0.39 is 12.2 Å². The van der Waals surface area contributed by atoms with E-state index in [0.717, 1.165) is 35.1 Å². The van der Waals surface area contributed by atoms with Crippen LogP contribution in [0.5, 0.6) is 0 Å². The molecule has 1 heterocycles. The summed E-state index contributed by atoms with van der Waals surface area (Å²) in [5, 5.41) is 9.97. The largest absolute Gasteiger partial charge is 0.458 e. The van der Waals surface area contributed by atoms with Crippen LogP contribution in [0.2, 0.25) is 0 Å². The van der Waals surface area contributed by atoms with Gasteiger partial charge in [0.15, 0.2) is 0 Å². The Labute approximate surface area is 183 Å². The number of rotatable bonds is 3. The molecule has 1 aliphatic carbocycles. The van der Waals surface area contributed by atoms with Crippen molar-refractivity contribution in [3.63, 3.8) is 0 Å². The van der Waals surface area contributed by atoms with Crippen LogP contribution < -0.4 is 0 Å². The van der Waals surface area contributed by atoms with Gasteiger partial charge in [-0.3, -0.25) is 4.79 Å². The van der Waals surface area contributed by atoms with E-state index in [1.165, 1.54) is 11.6 Å². The fourth-order valence-electron chi connectivity index (χ4n) is 4.60. The normalized spacial score (nSPS) is 23.5. The Morgan fingerprint density at radius 3 is 2.71 bits per heavy atom. The molecular formula is C27H29FO3. The van der Waals surface area contributed by atoms with Gasteiger partial charge in [-0.2, -0.15) is 0 Å². The van der Waals surface area contributed by atoms with Crippen molar-refractivity contribution in [2.45, 2.75) is 58.7 Å². The molecule has 1 N–H and O–H groups in total. The molecule has 1 aliphatic heterocycles. The highest BCUT2D eigenvalue weighted by Crippen LogP contribution is 2.45. The van der Waals surface area contributed by atoms with Crippen molar-refractivity contribution in [3.8, 4) is 0 Å². The van der Waals surface area contributed by atoms with Gasteiger partial charge in [0.25, 0.3) is 0 Å². The standard InChI is InChI=1S/C27H29FO3/c1-17-14-19(8-11-24(17)28)26-22-7-5-4-6-18(22)12-13-27(2,3)23(26)10-9-21-15-20(29)16-25(30)31-21/h4-11,14,20-21,29H,12-13,15-16H2,1-3H3/t20-,21-/m0/s1. The molecule has 2 aliphatic rings. The molecule has 4 heteroatoms. The molecule has 2 aromatic carbocycles. The van der Waals surface area contributed by atoms with E-state index in [9.17, 15) is 14.3 Å². The highest BCUT2D eigenvalue weighted by Gasteiger charge is 2.31. The Hall–Kier alpha value is -2.72. The van der Waals surface area contributed by atoms with Crippen LogP contribution >= 0.6 is 0 Å². The lowest BCUT2D eigenvalue weighted by Crippen LogP contribution is -2.31. The number of esters is 1. The summed E-state index contributed by atoms with van der Waals surface area (Å²) in [7, 11) is 0. The Kier molecular flexibility index (Phi) is 5.85. The minimum atomic E-state index is -0.674. The summed E-state index contributed by atoms with van der Waals surface area (Å²) in [6, 6.07) is 13.7. The third-order valence-electron chi connectivity index (χ3n) is 6.42. The molecule has 0 amide bonds. The summed E-state index contributed by atoms with van der Waals surface area (Å²) in [5.74, 6) is -0.590. The monoisotopic (exact) mass is 420 g/mol. The Morgan fingerprint density at radius 2 is 1.97 bits per heavy atom. The van der Waals surface area contributed by atoms with E-state index in [2.05, 4.69) is 32.0 Å². The summed E-state index contributed by atoms with van der Waals surface area (Å²) < 4.78 is 19.5. The number of aliphatic hydroxyl groups excluding tert-OH is 1. The molecular weight excluding hydrogens is 391 g/mol. The van der Waals surface area contributed by atoms with Gasteiger partial charge in [0, 0.05) is 6.42 Å². The van der Waals surface area contributed by atoms with Gasteiger partial charge in [-0.25, -0.2) is 4.39 Å². The molecule has 0 aromatic heterocycles. The summed E-state index contributed by atoms with van der Waals surface area (Å²) >= 11 is 0. The van der Waals surface area contributed by atoms with Gasteiger partial charge in [0.05, 0.1) is 12.5 Å². The van der Waals surface area contributed by atoms with Gasteiger partial charge in [0.1, 0.15) is 11.9 Å². The molecule has 0 spiro atoms. The third-order valence-corrected chi connectivity index (χ3v) is 6.42. The molecule has 2 atom stereocenters. The first-order chi connectivity index (χ1) is 14.7. The zero-order valence-electron chi connectivity index (χ0n) is 18.3. The van der Waals surface area contributed by atoms with Crippen LogP contribution in [0.4, 0.5) is 4.39 Å². The van der Waals surface area contributed by atoms with E-state index in [0.29, 0.717) is 12.0 Å². The first-order valence-corrected chi connectivity index (χ1v) is 10.9. The van der Waals surface area contributed by atoms with Gasteiger partial charge < -0.3 is 9.84 Å². The first kappa shape index (κ1) is 21.5. The maximum Gasteiger partial charge on any atom is 0.309 e. The molecule has 0 unspecified atom stereocenters. The van der Waals surface area contributed by atoms with Crippen molar-refractivity contribution in [1.82, 2.24) is 0 Å². The SMILES string of the molecule is Cc1cc(C2=C(C=C[C@H]3C[C@H](O)CC(=O)O3)C(C)(C)CCc3ccccc32)ccc1F. The average molecular weight is 421 g/mol. The van der Waals surface area contributed by atoms with Crippen molar-refractivity contribution in [2.24, 2.45) is 5.41 Å². The Morgan fingerprint density at radius 1 is 1.19 bits per heavy atom. The number of hydrogen-bond donors (Lipinski definition) is 1. The number of carbonyl (C=O) groups excluding carboxylic acids is 1. The van der Waals surface area contributed by atoms with Crippen LogP contribution in [0.1, 0.15) is 55.4 Å². The predicted molar refractivity (Wildman–Crippen MR) is 120 cm³/mol. The second kappa shape index (κ2) is 8.43. The maximum atomic E-state index is 14.1.